The molecule has 1 aromatic carbocycles. The third kappa shape index (κ3) is 3.88. The standard InChI is InChI=1S/C16H22N2OS/c1-12(2)16(3,19)11-17-9-15-18-14(10-20-15)13-7-5-4-6-8-13/h4-8,10,12,17,19H,9,11H2,1-3H3. The lowest BCUT2D eigenvalue weighted by Crippen LogP contribution is -2.41. The summed E-state index contributed by atoms with van der Waals surface area (Å²) >= 11 is 1.65. The van der Waals surface area contributed by atoms with Crippen LogP contribution in [0, 0.1) is 5.92 Å². The van der Waals surface area contributed by atoms with E-state index >= 15 is 0 Å². The van der Waals surface area contributed by atoms with Crippen LogP contribution in [0.15, 0.2) is 35.7 Å². The lowest BCUT2D eigenvalue weighted by atomic mass is 9.93. The van der Waals surface area contributed by atoms with Crippen LogP contribution in [0.5, 0.6) is 0 Å². The van der Waals surface area contributed by atoms with Gasteiger partial charge < -0.3 is 10.4 Å². The average Bonchev–Trinajstić information content (AvgIpc) is 2.88. The van der Waals surface area contributed by atoms with Gasteiger partial charge in [-0.25, -0.2) is 4.98 Å². The Morgan fingerprint density at radius 1 is 1.30 bits per heavy atom. The highest BCUT2D eigenvalue weighted by atomic mass is 32.1. The predicted octanol–water partition coefficient (Wildman–Crippen LogP) is 3.31. The number of aliphatic hydroxyl groups is 1. The molecular weight excluding hydrogens is 268 g/mol. The second-order valence-corrected chi connectivity index (χ2v) is 6.55. The summed E-state index contributed by atoms with van der Waals surface area (Å²) in [5.74, 6) is 0.228. The molecule has 2 N–H and O–H groups in total. The van der Waals surface area contributed by atoms with Gasteiger partial charge in [0.1, 0.15) is 5.01 Å². The quantitative estimate of drug-likeness (QED) is 0.858. The van der Waals surface area contributed by atoms with Crippen molar-refractivity contribution in [2.75, 3.05) is 6.54 Å². The maximum absolute atomic E-state index is 10.2. The van der Waals surface area contributed by atoms with Gasteiger partial charge in [-0.15, -0.1) is 11.3 Å². The van der Waals surface area contributed by atoms with Crippen LogP contribution in [-0.4, -0.2) is 22.2 Å². The molecule has 20 heavy (non-hydrogen) atoms. The Bertz CT molecular complexity index is 534. The number of benzene rings is 1. The summed E-state index contributed by atoms with van der Waals surface area (Å²) in [4.78, 5) is 4.62. The minimum absolute atomic E-state index is 0.228. The Morgan fingerprint density at radius 3 is 2.65 bits per heavy atom. The zero-order chi connectivity index (χ0) is 14.6. The minimum atomic E-state index is -0.681. The third-order valence-electron chi connectivity index (χ3n) is 3.62. The molecule has 0 aliphatic heterocycles. The monoisotopic (exact) mass is 290 g/mol. The van der Waals surface area contributed by atoms with Gasteiger partial charge in [0, 0.05) is 24.0 Å². The van der Waals surface area contributed by atoms with E-state index < -0.39 is 5.60 Å². The molecule has 0 aliphatic rings. The number of nitrogens with zero attached hydrogens (tertiary/aromatic N) is 1. The van der Waals surface area contributed by atoms with Crippen LogP contribution in [0.2, 0.25) is 0 Å². The molecule has 0 spiro atoms. The van der Waals surface area contributed by atoms with Gasteiger partial charge in [0.2, 0.25) is 0 Å². The Hall–Kier alpha value is -1.23. The number of thiazole rings is 1. The highest BCUT2D eigenvalue weighted by Crippen LogP contribution is 2.21. The van der Waals surface area contributed by atoms with Crippen LogP contribution in [0.4, 0.5) is 0 Å². The molecule has 1 atom stereocenters. The minimum Gasteiger partial charge on any atom is -0.389 e. The van der Waals surface area contributed by atoms with E-state index in [4.69, 9.17) is 0 Å². The molecule has 2 aromatic rings. The summed E-state index contributed by atoms with van der Waals surface area (Å²) in [7, 11) is 0. The largest absolute Gasteiger partial charge is 0.389 e. The molecule has 0 saturated carbocycles. The molecule has 2 rings (SSSR count). The van der Waals surface area contributed by atoms with Crippen LogP contribution < -0.4 is 5.32 Å². The zero-order valence-corrected chi connectivity index (χ0v) is 13.1. The lowest BCUT2D eigenvalue weighted by molar-refractivity contribution is 0.0140. The molecule has 1 unspecified atom stereocenters. The van der Waals surface area contributed by atoms with Gasteiger partial charge in [-0.3, -0.25) is 0 Å². The van der Waals surface area contributed by atoms with E-state index in [9.17, 15) is 5.11 Å². The first kappa shape index (κ1) is 15.2. The fourth-order valence-electron chi connectivity index (χ4n) is 1.76. The van der Waals surface area contributed by atoms with Crippen molar-refractivity contribution >= 4 is 11.3 Å². The summed E-state index contributed by atoms with van der Waals surface area (Å²) < 4.78 is 0. The van der Waals surface area contributed by atoms with E-state index in [-0.39, 0.29) is 5.92 Å². The summed E-state index contributed by atoms with van der Waals surface area (Å²) in [5.41, 5.74) is 1.48. The van der Waals surface area contributed by atoms with E-state index in [1.54, 1.807) is 11.3 Å². The first-order chi connectivity index (χ1) is 9.49. The van der Waals surface area contributed by atoms with Crippen LogP contribution in [0.1, 0.15) is 25.8 Å². The van der Waals surface area contributed by atoms with Crippen LogP contribution in [0.3, 0.4) is 0 Å². The summed E-state index contributed by atoms with van der Waals surface area (Å²) in [5, 5.41) is 16.6. The molecule has 0 bridgehead atoms. The normalized spacial score (nSPS) is 14.4. The molecule has 0 fully saturated rings. The van der Waals surface area contributed by atoms with E-state index in [2.05, 4.69) is 27.8 Å². The van der Waals surface area contributed by atoms with Gasteiger partial charge in [-0.1, -0.05) is 44.2 Å². The number of hydrogen-bond donors (Lipinski definition) is 2. The SMILES string of the molecule is CC(C)C(C)(O)CNCc1nc(-c2ccccc2)cs1. The fraction of sp³-hybridized carbons (Fsp3) is 0.438. The van der Waals surface area contributed by atoms with E-state index in [0.29, 0.717) is 13.1 Å². The van der Waals surface area contributed by atoms with E-state index in [1.807, 2.05) is 39.0 Å². The molecule has 1 heterocycles. The Kier molecular flexibility index (Phi) is 4.91. The topological polar surface area (TPSA) is 45.1 Å². The Morgan fingerprint density at radius 2 is 2.00 bits per heavy atom. The Labute approximate surface area is 124 Å². The summed E-state index contributed by atoms with van der Waals surface area (Å²) in [6.07, 6.45) is 0. The van der Waals surface area contributed by atoms with Gasteiger partial charge in [-0.2, -0.15) is 0 Å². The van der Waals surface area contributed by atoms with Gasteiger partial charge in [0.05, 0.1) is 11.3 Å². The van der Waals surface area contributed by atoms with E-state index in [0.717, 1.165) is 16.3 Å². The smallest absolute Gasteiger partial charge is 0.107 e. The highest BCUT2D eigenvalue weighted by molar-refractivity contribution is 7.09. The van der Waals surface area contributed by atoms with Gasteiger partial charge in [-0.05, 0) is 12.8 Å². The summed E-state index contributed by atoms with van der Waals surface area (Å²) in [6, 6.07) is 10.2. The van der Waals surface area contributed by atoms with Crippen molar-refractivity contribution in [3.8, 4) is 11.3 Å². The average molecular weight is 290 g/mol. The maximum Gasteiger partial charge on any atom is 0.107 e. The molecular formula is C16H22N2OS. The number of nitrogens with one attached hydrogen (secondary N) is 1. The van der Waals surface area contributed by atoms with Crippen LogP contribution >= 0.6 is 11.3 Å². The number of rotatable bonds is 6. The van der Waals surface area contributed by atoms with Crippen LogP contribution in [0.25, 0.3) is 11.3 Å². The van der Waals surface area contributed by atoms with Crippen molar-refractivity contribution < 1.29 is 5.11 Å². The first-order valence-corrected chi connectivity index (χ1v) is 7.80. The van der Waals surface area contributed by atoms with Crippen LogP contribution in [-0.2, 0) is 6.54 Å². The third-order valence-corrected chi connectivity index (χ3v) is 4.47. The zero-order valence-electron chi connectivity index (χ0n) is 12.3. The van der Waals surface area contributed by atoms with Crippen molar-refractivity contribution in [1.29, 1.82) is 0 Å². The van der Waals surface area contributed by atoms with E-state index in [1.165, 1.54) is 0 Å². The second kappa shape index (κ2) is 6.48. The van der Waals surface area contributed by atoms with Crippen molar-refractivity contribution in [2.45, 2.75) is 32.9 Å². The Balaban J connectivity index is 1.91. The lowest BCUT2D eigenvalue weighted by Gasteiger charge is -2.27. The molecule has 108 valence electrons. The molecule has 4 heteroatoms. The predicted molar refractivity (Wildman–Crippen MR) is 84.7 cm³/mol. The molecule has 0 radical (unpaired) electrons. The van der Waals surface area contributed by atoms with Gasteiger partial charge in [0.15, 0.2) is 0 Å². The highest BCUT2D eigenvalue weighted by Gasteiger charge is 2.24. The fourth-order valence-corrected chi connectivity index (χ4v) is 2.53. The van der Waals surface area contributed by atoms with Gasteiger partial charge >= 0.3 is 0 Å². The van der Waals surface area contributed by atoms with Crippen molar-refractivity contribution in [2.24, 2.45) is 5.92 Å². The van der Waals surface area contributed by atoms with Gasteiger partial charge in [0.25, 0.3) is 0 Å². The van der Waals surface area contributed by atoms with Crippen molar-refractivity contribution in [1.82, 2.24) is 10.3 Å². The molecule has 0 aliphatic carbocycles. The molecule has 0 amide bonds. The first-order valence-electron chi connectivity index (χ1n) is 6.92. The molecule has 1 aromatic heterocycles. The second-order valence-electron chi connectivity index (χ2n) is 5.61. The van der Waals surface area contributed by atoms with Crippen molar-refractivity contribution in [3.05, 3.63) is 40.7 Å². The van der Waals surface area contributed by atoms with Crippen molar-refractivity contribution in [3.63, 3.8) is 0 Å². The number of aromatic nitrogens is 1. The maximum atomic E-state index is 10.2. The molecule has 3 nitrogen and oxygen atoms in total. The molecule has 0 saturated heterocycles. The number of hydrogen-bond acceptors (Lipinski definition) is 4. The summed E-state index contributed by atoms with van der Waals surface area (Å²) in [6.45, 7) is 7.18.